The molecule has 0 unspecified atom stereocenters. The Balaban J connectivity index is 1.07. The van der Waals surface area contributed by atoms with Gasteiger partial charge in [0.05, 0.1) is 5.69 Å². The Kier molecular flexibility index (Phi) is 10.9. The van der Waals surface area contributed by atoms with Crippen LogP contribution in [0.1, 0.15) is 153 Å². The van der Waals surface area contributed by atoms with Gasteiger partial charge >= 0.3 is 0 Å². The second kappa shape index (κ2) is 17.1. The zero-order valence-corrected chi connectivity index (χ0v) is 50.3. The van der Waals surface area contributed by atoms with Gasteiger partial charge in [-0.15, -0.1) is 0 Å². The largest absolute Gasteiger partial charge is 0.454 e. The minimum atomic E-state index is -0.246. The quantitative estimate of drug-likeness (QED) is 0.160. The van der Waals surface area contributed by atoms with Crippen molar-refractivity contribution in [1.29, 1.82) is 0 Å². The molecule has 0 amide bonds. The molecular weight excluding hydrogens is 982 g/mol. The molecule has 0 atom stereocenters. The number of benzene rings is 9. The lowest BCUT2D eigenvalue weighted by Crippen LogP contribution is -2.61. The lowest BCUT2D eigenvalue weighted by Gasteiger charge is -2.46. The molecule has 2 aliphatic carbocycles. The molecule has 14 rings (SSSR count). The van der Waals surface area contributed by atoms with Crippen molar-refractivity contribution in [1.82, 2.24) is 0 Å². The summed E-state index contributed by atoms with van der Waals surface area (Å²) in [5, 5.41) is 2.26. The van der Waals surface area contributed by atoms with Gasteiger partial charge in [0.15, 0.2) is 5.58 Å². The molecule has 0 spiro atoms. The number of rotatable bonds is 5. The fraction of sp³-hybridized carbons (Fsp3) is 0.289. The van der Waals surface area contributed by atoms with Crippen LogP contribution in [0, 0.1) is 6.92 Å². The summed E-state index contributed by atoms with van der Waals surface area (Å²) in [6, 6.07) is 68.0. The lowest BCUT2D eigenvalue weighted by atomic mass is 9.33. The van der Waals surface area contributed by atoms with Crippen molar-refractivity contribution in [2.75, 3.05) is 14.7 Å². The molecule has 0 saturated heterocycles. The van der Waals surface area contributed by atoms with E-state index in [2.05, 4.69) is 294 Å². The number of hydrogen-bond acceptors (Lipinski definition) is 4. The summed E-state index contributed by atoms with van der Waals surface area (Å²) >= 11 is 0. The Morgan fingerprint density at radius 3 is 1.59 bits per heavy atom. The molecular formula is C76H76BN3O. The monoisotopic (exact) mass is 1060 g/mol. The molecule has 4 nitrogen and oxygen atoms in total. The van der Waals surface area contributed by atoms with Crippen LogP contribution >= 0.6 is 0 Å². The normalized spacial score (nSPS) is 16.9. The van der Waals surface area contributed by atoms with Crippen LogP contribution in [0.25, 0.3) is 21.9 Å². The van der Waals surface area contributed by atoms with Crippen LogP contribution in [0.2, 0.25) is 0 Å². The maximum Gasteiger partial charge on any atom is 0.252 e. The highest BCUT2D eigenvalue weighted by Crippen LogP contribution is 2.56. The van der Waals surface area contributed by atoms with Gasteiger partial charge in [-0.05, 0) is 180 Å². The lowest BCUT2D eigenvalue weighted by molar-refractivity contribution is 0.403. The standard InChI is InChI=1S/C76H76BN3O/c1-46-39-66-69-67(40-46)80(63-25-20-22-54-53-21-16-19-26-68(53)81-70(54)63)65-44-59-58(73(8,9)45-74(59,10)11)43-62(65)77(69)61-38-36-52(78(49-31-27-47(28-32-49)71(2,3)4)50-33-29-48(30-34-50)72(5,6)7)42-64(61)79(66)51-35-37-57-60(41-51)76(14,15)56-24-18-17-23-55(56)75(57,12)13/h16-44H,45H2,1-15H3. The van der Waals surface area contributed by atoms with E-state index in [0.717, 1.165) is 56.8 Å². The van der Waals surface area contributed by atoms with Crippen molar-refractivity contribution >= 4 is 96.2 Å². The van der Waals surface area contributed by atoms with Crippen molar-refractivity contribution < 1.29 is 4.42 Å². The highest BCUT2D eigenvalue weighted by atomic mass is 16.3. The molecule has 0 fully saturated rings. The first-order chi connectivity index (χ1) is 38.3. The third-order valence-electron chi connectivity index (χ3n) is 19.4. The number of furan rings is 1. The zero-order chi connectivity index (χ0) is 56.7. The van der Waals surface area contributed by atoms with Gasteiger partial charge in [0.2, 0.25) is 0 Å². The predicted molar refractivity (Wildman–Crippen MR) is 346 cm³/mol. The Morgan fingerprint density at radius 2 is 0.963 bits per heavy atom. The van der Waals surface area contributed by atoms with Crippen LogP contribution in [0.4, 0.5) is 51.2 Å². The van der Waals surface area contributed by atoms with Crippen LogP contribution in [0.3, 0.4) is 0 Å². The van der Waals surface area contributed by atoms with Gasteiger partial charge in [-0.3, -0.25) is 0 Å². The van der Waals surface area contributed by atoms with Crippen molar-refractivity contribution in [3.8, 4) is 0 Å². The van der Waals surface area contributed by atoms with Crippen LogP contribution in [0.15, 0.2) is 180 Å². The smallest absolute Gasteiger partial charge is 0.252 e. The minimum Gasteiger partial charge on any atom is -0.454 e. The minimum absolute atomic E-state index is 0.0185. The Morgan fingerprint density at radius 1 is 0.432 bits per heavy atom. The molecule has 0 N–H and O–H groups in total. The van der Waals surface area contributed by atoms with Gasteiger partial charge in [-0.1, -0.05) is 194 Å². The highest BCUT2D eigenvalue weighted by Gasteiger charge is 2.49. The predicted octanol–water partition coefficient (Wildman–Crippen LogP) is 19.0. The summed E-state index contributed by atoms with van der Waals surface area (Å²) in [5.41, 5.74) is 28.0. The Bertz CT molecular complexity index is 4190. The average Bonchev–Trinajstić information content (AvgIpc) is 4.08. The molecule has 9 aromatic carbocycles. The first kappa shape index (κ1) is 51.4. The van der Waals surface area contributed by atoms with E-state index in [9.17, 15) is 0 Å². The van der Waals surface area contributed by atoms with Crippen molar-refractivity contribution in [3.05, 3.63) is 226 Å². The molecule has 0 bridgehead atoms. The molecule has 81 heavy (non-hydrogen) atoms. The van der Waals surface area contributed by atoms with Crippen molar-refractivity contribution in [3.63, 3.8) is 0 Å². The number of aryl methyl sites for hydroxylation is 1. The van der Waals surface area contributed by atoms with E-state index in [0.29, 0.717) is 0 Å². The first-order valence-corrected chi connectivity index (χ1v) is 29.6. The summed E-state index contributed by atoms with van der Waals surface area (Å²) < 4.78 is 7.02. The molecule has 0 radical (unpaired) electrons. The third kappa shape index (κ3) is 7.62. The zero-order valence-electron chi connectivity index (χ0n) is 50.3. The fourth-order valence-corrected chi connectivity index (χ4v) is 15.4. The summed E-state index contributed by atoms with van der Waals surface area (Å²) in [4.78, 5) is 7.70. The summed E-state index contributed by atoms with van der Waals surface area (Å²) in [6.45, 7) is 35.5. The first-order valence-electron chi connectivity index (χ1n) is 29.6. The van der Waals surface area contributed by atoms with Gasteiger partial charge in [0.1, 0.15) is 5.58 Å². The van der Waals surface area contributed by atoms with Gasteiger partial charge < -0.3 is 19.1 Å². The number of nitrogens with zero attached hydrogens (tertiary/aromatic N) is 3. The van der Waals surface area contributed by atoms with Crippen LogP contribution < -0.4 is 31.1 Å². The maximum absolute atomic E-state index is 7.02. The van der Waals surface area contributed by atoms with Crippen molar-refractivity contribution in [2.45, 2.75) is 143 Å². The van der Waals surface area contributed by atoms with Gasteiger partial charge in [0.25, 0.3) is 6.71 Å². The van der Waals surface area contributed by atoms with Gasteiger partial charge in [-0.2, -0.15) is 0 Å². The van der Waals surface area contributed by atoms with E-state index in [1.807, 2.05) is 0 Å². The second-order valence-corrected chi connectivity index (χ2v) is 28.7. The number of anilines is 9. The third-order valence-corrected chi connectivity index (χ3v) is 19.4. The number of hydrogen-bond donors (Lipinski definition) is 0. The van der Waals surface area contributed by atoms with Crippen molar-refractivity contribution in [2.24, 2.45) is 0 Å². The maximum atomic E-state index is 7.02. The van der Waals surface area contributed by atoms with Gasteiger partial charge in [-0.25, -0.2) is 0 Å². The van der Waals surface area contributed by atoms with E-state index in [-0.39, 0.29) is 39.2 Å². The number of fused-ring (bicyclic) bond motifs is 10. The van der Waals surface area contributed by atoms with Crippen LogP contribution in [-0.4, -0.2) is 6.71 Å². The van der Waals surface area contributed by atoms with E-state index in [4.69, 9.17) is 4.42 Å². The SMILES string of the molecule is Cc1cc2c3c(c1)N(c1cccc4c1oc1ccccc14)c1cc4c(cc1B3c1ccc(N(c3ccc(C(C)(C)C)cc3)c3ccc(C(C)(C)C)cc3)cc1N2c1ccc2c(c1)C(C)(C)c1ccccc1C2(C)C)C(C)(C)CC4(C)C. The molecule has 404 valence electrons. The topological polar surface area (TPSA) is 22.9 Å². The van der Waals surface area contributed by atoms with E-state index in [1.165, 1.54) is 89.2 Å². The second-order valence-electron chi connectivity index (χ2n) is 28.7. The average molecular weight is 1060 g/mol. The molecule has 0 saturated carbocycles. The van der Waals surface area contributed by atoms with Crippen LogP contribution in [-0.2, 0) is 32.5 Å². The molecule has 4 aliphatic rings. The van der Waals surface area contributed by atoms with E-state index in [1.54, 1.807) is 0 Å². The summed E-state index contributed by atoms with van der Waals surface area (Å²) in [5.74, 6) is 0. The van der Waals surface area contributed by atoms with Gasteiger partial charge in [0, 0.05) is 67.1 Å². The molecule has 10 aromatic rings. The molecule has 2 aliphatic heterocycles. The Hall–Kier alpha value is -7.76. The summed E-state index contributed by atoms with van der Waals surface area (Å²) in [7, 11) is 0. The highest BCUT2D eigenvalue weighted by molar-refractivity contribution is 7.00. The number of para-hydroxylation sites is 2. The molecule has 5 heteroatoms. The fourth-order valence-electron chi connectivity index (χ4n) is 15.4. The van der Waals surface area contributed by atoms with E-state index < -0.39 is 0 Å². The summed E-state index contributed by atoms with van der Waals surface area (Å²) in [6.07, 6.45) is 1.08. The Labute approximate surface area is 481 Å². The van der Waals surface area contributed by atoms with Crippen LogP contribution in [0.5, 0.6) is 0 Å². The molecule has 3 heterocycles. The van der Waals surface area contributed by atoms with E-state index >= 15 is 0 Å². The molecule has 1 aromatic heterocycles.